The highest BCUT2D eigenvalue weighted by Gasteiger charge is 2.30. The van der Waals surface area contributed by atoms with E-state index >= 15 is 0 Å². The number of esters is 3. The molecule has 1 heterocycles. The SMILES string of the molecule is COC(=O)c1cc(N2CCCCCC2=O)cc(C(=O)OC)c1C(=O)OC. The van der Waals surface area contributed by atoms with Crippen molar-refractivity contribution in [2.45, 2.75) is 25.7 Å². The Balaban J connectivity index is 2.71. The van der Waals surface area contributed by atoms with E-state index in [2.05, 4.69) is 0 Å². The lowest BCUT2D eigenvalue weighted by Gasteiger charge is -2.23. The lowest BCUT2D eigenvalue weighted by atomic mass is 9.98. The van der Waals surface area contributed by atoms with Gasteiger partial charge in [-0.3, -0.25) is 4.79 Å². The van der Waals surface area contributed by atoms with Crippen LogP contribution in [0.1, 0.15) is 56.8 Å². The molecule has 0 aromatic heterocycles. The first-order valence-corrected chi connectivity index (χ1v) is 8.18. The predicted octanol–water partition coefficient (Wildman–Crippen LogP) is 1.95. The van der Waals surface area contributed by atoms with Gasteiger partial charge in [0.2, 0.25) is 5.91 Å². The number of methoxy groups -OCH3 is 3. The van der Waals surface area contributed by atoms with Gasteiger partial charge in [0.05, 0.1) is 38.0 Å². The average Bonchev–Trinajstić information content (AvgIpc) is 2.89. The topological polar surface area (TPSA) is 99.2 Å². The quantitative estimate of drug-likeness (QED) is 0.595. The van der Waals surface area contributed by atoms with Crippen molar-refractivity contribution >= 4 is 29.5 Å². The molecule has 0 radical (unpaired) electrons. The van der Waals surface area contributed by atoms with Crippen LogP contribution in [0.25, 0.3) is 0 Å². The Morgan fingerprint density at radius 3 is 1.88 bits per heavy atom. The summed E-state index contributed by atoms with van der Waals surface area (Å²) < 4.78 is 14.2. The Morgan fingerprint density at radius 1 is 0.846 bits per heavy atom. The van der Waals surface area contributed by atoms with Crippen molar-refractivity contribution in [3.05, 3.63) is 28.8 Å². The number of benzene rings is 1. The van der Waals surface area contributed by atoms with Gasteiger partial charge >= 0.3 is 17.9 Å². The van der Waals surface area contributed by atoms with E-state index in [1.54, 1.807) is 0 Å². The summed E-state index contributed by atoms with van der Waals surface area (Å²) in [5.41, 5.74) is -0.230. The highest BCUT2D eigenvalue weighted by molar-refractivity contribution is 6.12. The molecule has 0 unspecified atom stereocenters. The molecule has 1 saturated heterocycles. The van der Waals surface area contributed by atoms with Gasteiger partial charge in [-0.1, -0.05) is 6.42 Å². The van der Waals surface area contributed by atoms with Crippen LogP contribution < -0.4 is 4.90 Å². The molecule has 0 spiro atoms. The van der Waals surface area contributed by atoms with Gasteiger partial charge in [-0.15, -0.1) is 0 Å². The first-order chi connectivity index (χ1) is 12.4. The Hall–Kier alpha value is -2.90. The zero-order valence-electron chi connectivity index (χ0n) is 15.0. The van der Waals surface area contributed by atoms with Crippen molar-refractivity contribution in [3.8, 4) is 0 Å². The number of carbonyl (C=O) groups excluding carboxylic acids is 4. The lowest BCUT2D eigenvalue weighted by Crippen LogP contribution is -2.31. The molecule has 1 amide bonds. The maximum absolute atomic E-state index is 12.4. The molecule has 8 heteroatoms. The standard InChI is InChI=1S/C18H21NO7/c1-24-16(21)12-9-11(19-8-6-4-5-7-14(19)20)10-13(17(22)25-2)15(12)18(23)26-3/h9-10H,4-8H2,1-3H3. The third-order valence-corrected chi connectivity index (χ3v) is 4.21. The van der Waals surface area contributed by atoms with Crippen LogP contribution in [0.4, 0.5) is 5.69 Å². The Labute approximate surface area is 151 Å². The summed E-state index contributed by atoms with van der Waals surface area (Å²) >= 11 is 0. The minimum Gasteiger partial charge on any atom is -0.465 e. The first kappa shape index (κ1) is 19.4. The summed E-state index contributed by atoms with van der Waals surface area (Å²) in [7, 11) is 3.45. The molecular weight excluding hydrogens is 342 g/mol. The number of amides is 1. The van der Waals surface area contributed by atoms with E-state index in [9.17, 15) is 19.2 Å². The molecule has 26 heavy (non-hydrogen) atoms. The normalized spacial score (nSPS) is 14.4. The van der Waals surface area contributed by atoms with Gasteiger partial charge in [0, 0.05) is 18.7 Å². The third-order valence-electron chi connectivity index (χ3n) is 4.21. The molecular formula is C18H21NO7. The van der Waals surface area contributed by atoms with E-state index in [0.717, 1.165) is 40.6 Å². The molecule has 8 nitrogen and oxygen atoms in total. The third kappa shape index (κ3) is 3.84. The number of hydrogen-bond donors (Lipinski definition) is 0. The van der Waals surface area contributed by atoms with E-state index in [1.165, 1.54) is 17.0 Å². The van der Waals surface area contributed by atoms with Crippen molar-refractivity contribution < 1.29 is 33.4 Å². The maximum atomic E-state index is 12.4. The second-order valence-electron chi connectivity index (χ2n) is 5.75. The lowest BCUT2D eigenvalue weighted by molar-refractivity contribution is -0.118. The van der Waals surface area contributed by atoms with E-state index in [1.807, 2.05) is 0 Å². The van der Waals surface area contributed by atoms with Crippen molar-refractivity contribution in [3.63, 3.8) is 0 Å². The number of hydrogen-bond acceptors (Lipinski definition) is 7. The zero-order valence-corrected chi connectivity index (χ0v) is 15.0. The van der Waals surface area contributed by atoms with E-state index in [4.69, 9.17) is 14.2 Å². The molecule has 140 valence electrons. The van der Waals surface area contributed by atoms with Crippen LogP contribution in [0.15, 0.2) is 12.1 Å². The first-order valence-electron chi connectivity index (χ1n) is 8.18. The summed E-state index contributed by atoms with van der Waals surface area (Å²) in [4.78, 5) is 50.5. The van der Waals surface area contributed by atoms with Crippen molar-refractivity contribution in [2.24, 2.45) is 0 Å². The van der Waals surface area contributed by atoms with Gasteiger partial charge in [-0.25, -0.2) is 14.4 Å². The van der Waals surface area contributed by atoms with Gasteiger partial charge in [-0.05, 0) is 25.0 Å². The van der Waals surface area contributed by atoms with E-state index < -0.39 is 17.9 Å². The van der Waals surface area contributed by atoms with E-state index in [0.29, 0.717) is 18.7 Å². The average molecular weight is 363 g/mol. The predicted molar refractivity (Wildman–Crippen MR) is 91.3 cm³/mol. The molecule has 1 fully saturated rings. The number of nitrogens with zero attached hydrogens (tertiary/aromatic N) is 1. The minimum atomic E-state index is -0.875. The summed E-state index contributed by atoms with van der Waals surface area (Å²) in [6.45, 7) is 0.456. The second-order valence-corrected chi connectivity index (χ2v) is 5.75. The van der Waals surface area contributed by atoms with Gasteiger partial charge in [0.25, 0.3) is 0 Å². The molecule has 0 atom stereocenters. The number of carbonyl (C=O) groups is 4. The van der Waals surface area contributed by atoms with Crippen LogP contribution in [0, 0.1) is 0 Å². The minimum absolute atomic E-state index is 0.111. The van der Waals surface area contributed by atoms with Gasteiger partial charge in [0.15, 0.2) is 0 Å². The van der Waals surface area contributed by atoms with Gasteiger partial charge in [0.1, 0.15) is 0 Å². The van der Waals surface area contributed by atoms with Crippen molar-refractivity contribution in [1.82, 2.24) is 0 Å². The molecule has 0 saturated carbocycles. The number of rotatable bonds is 4. The Bertz CT molecular complexity index is 704. The van der Waals surface area contributed by atoms with Crippen LogP contribution >= 0.6 is 0 Å². The monoisotopic (exact) mass is 363 g/mol. The smallest absolute Gasteiger partial charge is 0.339 e. The molecule has 2 rings (SSSR count). The largest absolute Gasteiger partial charge is 0.465 e. The van der Waals surface area contributed by atoms with Crippen LogP contribution in [0.3, 0.4) is 0 Å². The fourth-order valence-electron chi connectivity index (χ4n) is 2.90. The van der Waals surface area contributed by atoms with Crippen LogP contribution in [0.5, 0.6) is 0 Å². The summed E-state index contributed by atoms with van der Waals surface area (Å²) in [6.07, 6.45) is 2.87. The molecule has 0 bridgehead atoms. The van der Waals surface area contributed by atoms with Crippen LogP contribution in [-0.2, 0) is 19.0 Å². The van der Waals surface area contributed by atoms with E-state index in [-0.39, 0.29) is 22.6 Å². The molecule has 0 aliphatic carbocycles. The molecule has 0 N–H and O–H groups in total. The molecule has 1 aliphatic rings. The number of ether oxygens (including phenoxy) is 3. The maximum Gasteiger partial charge on any atom is 0.339 e. The molecule has 1 aromatic rings. The Morgan fingerprint density at radius 2 is 1.38 bits per heavy atom. The van der Waals surface area contributed by atoms with Gasteiger partial charge < -0.3 is 19.1 Å². The highest BCUT2D eigenvalue weighted by Crippen LogP contribution is 2.28. The molecule has 1 aliphatic heterocycles. The Kier molecular flexibility index (Phi) is 6.32. The summed E-state index contributed by atoms with van der Waals surface area (Å²) in [5.74, 6) is -2.63. The van der Waals surface area contributed by atoms with Gasteiger partial charge in [-0.2, -0.15) is 0 Å². The van der Waals surface area contributed by atoms with Crippen molar-refractivity contribution in [2.75, 3.05) is 32.8 Å². The van der Waals surface area contributed by atoms with Crippen LogP contribution in [0.2, 0.25) is 0 Å². The second kappa shape index (κ2) is 8.46. The molecule has 1 aromatic carbocycles. The number of anilines is 1. The van der Waals surface area contributed by atoms with Crippen molar-refractivity contribution in [1.29, 1.82) is 0 Å². The summed E-state index contributed by atoms with van der Waals surface area (Å²) in [5, 5.41) is 0. The fraction of sp³-hybridized carbons (Fsp3) is 0.444. The highest BCUT2D eigenvalue weighted by atomic mass is 16.5. The zero-order chi connectivity index (χ0) is 19.3. The summed E-state index contributed by atoms with van der Waals surface area (Å²) in [6, 6.07) is 2.74. The van der Waals surface area contributed by atoms with Crippen LogP contribution in [-0.4, -0.2) is 51.7 Å². The fourth-order valence-corrected chi connectivity index (χ4v) is 2.90.